The molecule has 0 N–H and O–H groups in total. The minimum atomic E-state index is -0.253. The maximum Gasteiger partial charge on any atom is 0.254 e. The standard InChI is InChI=1S/C25H23ClN2O4/c1-2-31-21-11-16(5-10-20(21)32-14-15-3-8-19(26)9-4-15)13-27-28-24(29)22-17-6-7-18(12-17)23(22)25(28)30/h3-11,13,17-18,22-23H,2,12,14H2,1H3/b27-13-/t17-,18-,22-,23-/m0/s1. The van der Waals surface area contributed by atoms with Crippen molar-refractivity contribution in [2.45, 2.75) is 20.0 Å². The van der Waals surface area contributed by atoms with Gasteiger partial charge in [0, 0.05) is 5.02 Å². The fourth-order valence-electron chi connectivity index (χ4n) is 4.86. The first-order valence-electron chi connectivity index (χ1n) is 10.8. The van der Waals surface area contributed by atoms with Crippen LogP contribution in [0, 0.1) is 23.7 Å². The molecule has 2 bridgehead atoms. The van der Waals surface area contributed by atoms with Crippen LogP contribution in [0.3, 0.4) is 0 Å². The zero-order chi connectivity index (χ0) is 22.2. The van der Waals surface area contributed by atoms with Crippen LogP contribution >= 0.6 is 11.6 Å². The second-order valence-corrected chi connectivity index (χ2v) is 8.72. The maximum absolute atomic E-state index is 12.8. The molecule has 2 aromatic rings. The number of benzene rings is 2. The number of fused-ring (bicyclic) bond motifs is 5. The van der Waals surface area contributed by atoms with Gasteiger partial charge < -0.3 is 9.47 Å². The summed E-state index contributed by atoms with van der Waals surface area (Å²) in [5.41, 5.74) is 1.70. The zero-order valence-corrected chi connectivity index (χ0v) is 18.4. The number of carbonyl (C=O) groups is 2. The fraction of sp³-hybridized carbons (Fsp3) is 0.320. The molecule has 4 atom stereocenters. The van der Waals surface area contributed by atoms with Gasteiger partial charge in [0.25, 0.3) is 11.8 Å². The SMILES string of the molecule is CCOc1cc(/C=N\N2C(=O)[C@@H]3[C@@H](C2=O)[C@H]2C=C[C@H]3C2)ccc1OCc1ccc(Cl)cc1. The minimum absolute atomic E-state index is 0.170. The molecule has 5 rings (SSSR count). The van der Waals surface area contributed by atoms with Gasteiger partial charge in [0.1, 0.15) is 6.61 Å². The molecule has 2 aromatic carbocycles. The van der Waals surface area contributed by atoms with Crippen LogP contribution in [0.2, 0.25) is 5.02 Å². The molecule has 0 aromatic heterocycles. The summed E-state index contributed by atoms with van der Waals surface area (Å²) in [6, 6.07) is 12.9. The van der Waals surface area contributed by atoms with E-state index in [0.29, 0.717) is 35.3 Å². The highest BCUT2D eigenvalue weighted by molar-refractivity contribution is 6.30. The highest BCUT2D eigenvalue weighted by Gasteiger charge is 2.59. The summed E-state index contributed by atoms with van der Waals surface area (Å²) >= 11 is 5.93. The van der Waals surface area contributed by atoms with Gasteiger partial charge in [0.15, 0.2) is 11.5 Å². The summed E-state index contributed by atoms with van der Waals surface area (Å²) in [7, 11) is 0. The molecule has 3 aliphatic rings. The second-order valence-electron chi connectivity index (χ2n) is 8.29. The van der Waals surface area contributed by atoms with Crippen molar-refractivity contribution >= 4 is 29.6 Å². The van der Waals surface area contributed by atoms with Crippen molar-refractivity contribution in [2.75, 3.05) is 6.61 Å². The molecule has 1 heterocycles. The van der Waals surface area contributed by atoms with Crippen molar-refractivity contribution < 1.29 is 19.1 Å². The third kappa shape index (κ3) is 3.69. The Hall–Kier alpha value is -3.12. The number of halogens is 1. The number of hydrogen-bond acceptors (Lipinski definition) is 5. The Balaban J connectivity index is 1.30. The Bertz CT molecular complexity index is 1080. The van der Waals surface area contributed by atoms with E-state index in [1.54, 1.807) is 12.1 Å². The lowest BCUT2D eigenvalue weighted by Crippen LogP contribution is -2.28. The second kappa shape index (κ2) is 8.43. The molecule has 0 unspecified atom stereocenters. The lowest BCUT2D eigenvalue weighted by molar-refractivity contribution is -0.140. The first-order chi connectivity index (χ1) is 15.5. The molecule has 2 aliphatic carbocycles. The van der Waals surface area contributed by atoms with Crippen molar-refractivity contribution in [3.05, 3.63) is 70.8 Å². The van der Waals surface area contributed by atoms with E-state index in [2.05, 4.69) is 17.3 Å². The van der Waals surface area contributed by atoms with Gasteiger partial charge >= 0.3 is 0 Å². The number of amides is 2. The number of hydrazone groups is 1. The normalized spacial score (nSPS) is 25.8. The van der Waals surface area contributed by atoms with Crippen LogP contribution in [0.4, 0.5) is 0 Å². The van der Waals surface area contributed by atoms with Gasteiger partial charge in [-0.2, -0.15) is 10.1 Å². The Morgan fingerprint density at radius 3 is 2.34 bits per heavy atom. The van der Waals surface area contributed by atoms with Crippen molar-refractivity contribution in [3.8, 4) is 11.5 Å². The van der Waals surface area contributed by atoms with Crippen LogP contribution in [-0.4, -0.2) is 29.6 Å². The summed E-state index contributed by atoms with van der Waals surface area (Å²) < 4.78 is 11.7. The summed E-state index contributed by atoms with van der Waals surface area (Å²) in [6.45, 7) is 2.74. The van der Waals surface area contributed by atoms with Crippen LogP contribution in [0.5, 0.6) is 11.5 Å². The largest absolute Gasteiger partial charge is 0.490 e. The van der Waals surface area contributed by atoms with Gasteiger partial charge in [-0.05, 0) is 66.6 Å². The van der Waals surface area contributed by atoms with Gasteiger partial charge in [-0.1, -0.05) is 35.9 Å². The van der Waals surface area contributed by atoms with Crippen LogP contribution in [0.25, 0.3) is 0 Å². The highest BCUT2D eigenvalue weighted by atomic mass is 35.5. The van der Waals surface area contributed by atoms with Gasteiger partial charge in [-0.3, -0.25) is 9.59 Å². The van der Waals surface area contributed by atoms with E-state index >= 15 is 0 Å². The number of carbonyl (C=O) groups excluding carboxylic acids is 2. The molecule has 1 aliphatic heterocycles. The molecular formula is C25H23ClN2O4. The van der Waals surface area contributed by atoms with E-state index in [1.165, 1.54) is 6.21 Å². The number of nitrogens with zero attached hydrogens (tertiary/aromatic N) is 2. The van der Waals surface area contributed by atoms with E-state index in [0.717, 1.165) is 17.0 Å². The molecule has 164 valence electrons. The van der Waals surface area contributed by atoms with Gasteiger partial charge in [0.2, 0.25) is 0 Å². The van der Waals surface area contributed by atoms with E-state index in [4.69, 9.17) is 21.1 Å². The molecule has 1 saturated heterocycles. The van der Waals surface area contributed by atoms with Crippen LogP contribution in [0.15, 0.2) is 59.7 Å². The molecular weight excluding hydrogens is 428 g/mol. The first kappa shape index (κ1) is 20.8. The minimum Gasteiger partial charge on any atom is -0.490 e. The predicted molar refractivity (Wildman–Crippen MR) is 121 cm³/mol. The third-order valence-electron chi connectivity index (χ3n) is 6.34. The number of hydrogen-bond donors (Lipinski definition) is 0. The first-order valence-corrected chi connectivity index (χ1v) is 11.2. The molecule has 6 nitrogen and oxygen atoms in total. The molecule has 0 spiro atoms. The average molecular weight is 451 g/mol. The van der Waals surface area contributed by atoms with E-state index in [-0.39, 0.29) is 35.5 Å². The van der Waals surface area contributed by atoms with Crippen molar-refractivity contribution in [2.24, 2.45) is 28.8 Å². The lowest BCUT2D eigenvalue weighted by Gasteiger charge is -2.13. The van der Waals surface area contributed by atoms with Gasteiger partial charge in [-0.15, -0.1) is 0 Å². The van der Waals surface area contributed by atoms with Crippen LogP contribution < -0.4 is 9.47 Å². The molecule has 7 heteroatoms. The van der Waals surface area contributed by atoms with Crippen molar-refractivity contribution in [3.63, 3.8) is 0 Å². The lowest BCUT2D eigenvalue weighted by atomic mass is 9.85. The average Bonchev–Trinajstić information content (AvgIpc) is 3.47. The Kier molecular flexibility index (Phi) is 5.47. The fourth-order valence-corrected chi connectivity index (χ4v) is 4.99. The van der Waals surface area contributed by atoms with Gasteiger partial charge in [-0.25, -0.2) is 0 Å². The van der Waals surface area contributed by atoms with Crippen LogP contribution in [0.1, 0.15) is 24.5 Å². The quantitative estimate of drug-likeness (QED) is 0.355. The monoisotopic (exact) mass is 450 g/mol. The van der Waals surface area contributed by atoms with E-state index in [1.807, 2.05) is 37.3 Å². The van der Waals surface area contributed by atoms with Gasteiger partial charge in [0.05, 0.1) is 24.7 Å². The number of allylic oxidation sites excluding steroid dienone is 2. The zero-order valence-electron chi connectivity index (χ0n) is 17.6. The topological polar surface area (TPSA) is 68.2 Å². The van der Waals surface area contributed by atoms with E-state index < -0.39 is 0 Å². The van der Waals surface area contributed by atoms with Crippen molar-refractivity contribution in [1.82, 2.24) is 5.01 Å². The summed E-state index contributed by atoms with van der Waals surface area (Å²) in [5, 5.41) is 5.96. The predicted octanol–water partition coefficient (Wildman–Crippen LogP) is 4.46. The Labute approximate surface area is 191 Å². The summed E-state index contributed by atoms with van der Waals surface area (Å²) in [4.78, 5) is 25.6. The Morgan fingerprint density at radius 2 is 1.69 bits per heavy atom. The molecule has 2 fully saturated rings. The summed E-state index contributed by atoms with van der Waals surface area (Å²) in [5.74, 6) is 0.622. The third-order valence-corrected chi connectivity index (χ3v) is 6.60. The molecule has 1 saturated carbocycles. The number of rotatable bonds is 7. The summed E-state index contributed by atoms with van der Waals surface area (Å²) in [6.07, 6.45) is 6.57. The van der Waals surface area contributed by atoms with Crippen LogP contribution in [-0.2, 0) is 16.2 Å². The van der Waals surface area contributed by atoms with E-state index in [9.17, 15) is 9.59 Å². The smallest absolute Gasteiger partial charge is 0.254 e. The number of ether oxygens (including phenoxy) is 2. The Morgan fingerprint density at radius 1 is 1.00 bits per heavy atom. The van der Waals surface area contributed by atoms with Crippen molar-refractivity contribution in [1.29, 1.82) is 0 Å². The molecule has 0 radical (unpaired) electrons. The molecule has 2 amide bonds. The number of imide groups is 1. The maximum atomic E-state index is 12.8. The highest BCUT2D eigenvalue weighted by Crippen LogP contribution is 2.52. The molecule has 32 heavy (non-hydrogen) atoms.